The van der Waals surface area contributed by atoms with Crippen LogP contribution in [0.25, 0.3) is 0 Å². The van der Waals surface area contributed by atoms with E-state index in [0.29, 0.717) is 12.1 Å². The molecule has 0 aliphatic carbocycles. The highest BCUT2D eigenvalue weighted by Gasteiger charge is 2.17. The fraction of sp³-hybridized carbons (Fsp3) is 0.273. The van der Waals surface area contributed by atoms with Crippen LogP contribution in [0.15, 0.2) is 23.1 Å². The van der Waals surface area contributed by atoms with Crippen LogP contribution in [0.1, 0.15) is 13.3 Å². The average Bonchev–Trinajstić information content (AvgIpc) is 2.28. The summed E-state index contributed by atoms with van der Waals surface area (Å²) in [6.45, 7) is 1.94. The van der Waals surface area contributed by atoms with Crippen molar-refractivity contribution in [2.75, 3.05) is 12.3 Å². The normalized spacial score (nSPS) is 10.7. The molecule has 0 radical (unpaired) electrons. The molecule has 0 atom stereocenters. The zero-order chi connectivity index (χ0) is 12.9. The first-order valence-corrected chi connectivity index (χ1v) is 6.78. The van der Waals surface area contributed by atoms with Gasteiger partial charge in [-0.15, -0.1) is 11.8 Å². The standard InChI is InChI=1S/C11H13ClN2O2S/c1-2-3-4-7-14-17(15,16)11-8-9(13)5-6-10(11)12/h5-6,8,14H,4,7,13H2,1H3. The van der Waals surface area contributed by atoms with Crippen LogP contribution in [-0.2, 0) is 10.0 Å². The molecule has 0 saturated carbocycles. The molecular weight excluding hydrogens is 260 g/mol. The molecule has 4 nitrogen and oxygen atoms in total. The lowest BCUT2D eigenvalue weighted by atomic mass is 10.3. The number of nitrogens with one attached hydrogen (secondary N) is 1. The molecule has 92 valence electrons. The van der Waals surface area contributed by atoms with E-state index >= 15 is 0 Å². The molecule has 0 fully saturated rings. The summed E-state index contributed by atoms with van der Waals surface area (Å²) in [5.41, 5.74) is 5.88. The van der Waals surface area contributed by atoms with Crippen molar-refractivity contribution in [3.63, 3.8) is 0 Å². The lowest BCUT2D eigenvalue weighted by Crippen LogP contribution is -2.25. The zero-order valence-corrected chi connectivity index (χ0v) is 10.9. The molecule has 0 heterocycles. The number of halogens is 1. The Kier molecular flexibility index (Phi) is 4.82. The van der Waals surface area contributed by atoms with E-state index in [4.69, 9.17) is 17.3 Å². The summed E-state index contributed by atoms with van der Waals surface area (Å²) in [7, 11) is -3.62. The Bertz CT molecular complexity index is 559. The third-order valence-electron chi connectivity index (χ3n) is 1.96. The number of nitrogen functional groups attached to an aromatic ring is 1. The molecule has 0 saturated heterocycles. The van der Waals surface area contributed by atoms with E-state index in [1.165, 1.54) is 12.1 Å². The third-order valence-corrected chi connectivity index (χ3v) is 3.91. The van der Waals surface area contributed by atoms with Gasteiger partial charge in [-0.05, 0) is 25.1 Å². The molecule has 0 aromatic heterocycles. The van der Waals surface area contributed by atoms with E-state index in [1.807, 2.05) is 0 Å². The Balaban J connectivity index is 2.88. The highest BCUT2D eigenvalue weighted by molar-refractivity contribution is 7.89. The molecule has 0 bridgehead atoms. The van der Waals surface area contributed by atoms with Crippen molar-refractivity contribution in [2.24, 2.45) is 0 Å². The third kappa shape index (κ3) is 3.93. The Hall–Kier alpha value is -1.22. The number of hydrogen-bond acceptors (Lipinski definition) is 3. The molecule has 1 aromatic carbocycles. The van der Waals surface area contributed by atoms with Crippen molar-refractivity contribution < 1.29 is 8.42 Å². The number of rotatable bonds is 4. The van der Waals surface area contributed by atoms with Crippen LogP contribution in [-0.4, -0.2) is 15.0 Å². The molecule has 17 heavy (non-hydrogen) atoms. The lowest BCUT2D eigenvalue weighted by Gasteiger charge is -2.07. The van der Waals surface area contributed by atoms with E-state index < -0.39 is 10.0 Å². The van der Waals surface area contributed by atoms with Crippen molar-refractivity contribution in [1.29, 1.82) is 0 Å². The summed E-state index contributed by atoms with van der Waals surface area (Å²) in [5.74, 6) is 5.45. The van der Waals surface area contributed by atoms with Gasteiger partial charge in [-0.3, -0.25) is 0 Å². The van der Waals surface area contributed by atoms with Crippen LogP contribution < -0.4 is 10.5 Å². The SMILES string of the molecule is CC#CCCNS(=O)(=O)c1cc(N)ccc1Cl. The fourth-order valence-corrected chi connectivity index (χ4v) is 2.74. The van der Waals surface area contributed by atoms with Gasteiger partial charge in [0.15, 0.2) is 0 Å². The molecule has 0 unspecified atom stereocenters. The monoisotopic (exact) mass is 272 g/mol. The maximum Gasteiger partial charge on any atom is 0.242 e. The molecule has 3 N–H and O–H groups in total. The van der Waals surface area contributed by atoms with Gasteiger partial charge in [0.2, 0.25) is 10.0 Å². The highest BCUT2D eigenvalue weighted by Crippen LogP contribution is 2.23. The van der Waals surface area contributed by atoms with Crippen LogP contribution in [0.4, 0.5) is 5.69 Å². The predicted octanol–water partition coefficient (Wildman–Crippen LogP) is 1.61. The van der Waals surface area contributed by atoms with Gasteiger partial charge < -0.3 is 5.73 Å². The Labute approximate surface area is 106 Å². The second kappa shape index (κ2) is 5.92. The maximum absolute atomic E-state index is 11.9. The van der Waals surface area contributed by atoms with Crippen molar-refractivity contribution in [3.8, 4) is 11.8 Å². The van der Waals surface area contributed by atoms with Crippen LogP contribution in [0.3, 0.4) is 0 Å². The van der Waals surface area contributed by atoms with Crippen molar-refractivity contribution in [1.82, 2.24) is 4.72 Å². The smallest absolute Gasteiger partial charge is 0.242 e. The van der Waals surface area contributed by atoms with Gasteiger partial charge in [0.25, 0.3) is 0 Å². The number of nitrogens with two attached hydrogens (primary N) is 1. The van der Waals surface area contributed by atoms with Gasteiger partial charge in [-0.25, -0.2) is 13.1 Å². The van der Waals surface area contributed by atoms with Crippen LogP contribution in [0, 0.1) is 11.8 Å². The number of anilines is 1. The first-order chi connectivity index (χ1) is 7.97. The summed E-state index contributed by atoms with van der Waals surface area (Å²) in [6, 6.07) is 4.33. The van der Waals surface area contributed by atoms with E-state index in [2.05, 4.69) is 16.6 Å². The first kappa shape index (κ1) is 13.8. The van der Waals surface area contributed by atoms with Crippen molar-refractivity contribution in [2.45, 2.75) is 18.2 Å². The Morgan fingerprint density at radius 1 is 1.47 bits per heavy atom. The number of benzene rings is 1. The zero-order valence-electron chi connectivity index (χ0n) is 9.33. The minimum absolute atomic E-state index is 0.0105. The quantitative estimate of drug-likeness (QED) is 0.497. The minimum Gasteiger partial charge on any atom is -0.399 e. The summed E-state index contributed by atoms with van der Waals surface area (Å²) in [6.07, 6.45) is 0.454. The highest BCUT2D eigenvalue weighted by atomic mass is 35.5. The van der Waals surface area contributed by atoms with Gasteiger partial charge >= 0.3 is 0 Å². The van der Waals surface area contributed by atoms with Crippen molar-refractivity contribution >= 4 is 27.3 Å². The van der Waals surface area contributed by atoms with E-state index in [0.717, 1.165) is 0 Å². The van der Waals surface area contributed by atoms with Crippen LogP contribution in [0.2, 0.25) is 5.02 Å². The van der Waals surface area contributed by atoms with Crippen LogP contribution >= 0.6 is 11.6 Å². The summed E-state index contributed by atoms with van der Waals surface area (Å²) in [4.78, 5) is -0.0105. The Morgan fingerprint density at radius 2 is 2.18 bits per heavy atom. The van der Waals surface area contributed by atoms with E-state index in [9.17, 15) is 8.42 Å². The van der Waals surface area contributed by atoms with Gasteiger partial charge in [0.1, 0.15) is 4.90 Å². The lowest BCUT2D eigenvalue weighted by molar-refractivity contribution is 0.582. The molecule has 1 rings (SSSR count). The molecule has 6 heteroatoms. The van der Waals surface area contributed by atoms with E-state index in [-0.39, 0.29) is 16.5 Å². The van der Waals surface area contributed by atoms with Gasteiger partial charge in [-0.2, -0.15) is 0 Å². The predicted molar refractivity (Wildman–Crippen MR) is 69.1 cm³/mol. The minimum atomic E-state index is -3.62. The second-order valence-electron chi connectivity index (χ2n) is 3.26. The van der Waals surface area contributed by atoms with E-state index in [1.54, 1.807) is 13.0 Å². The maximum atomic E-state index is 11.9. The fourth-order valence-electron chi connectivity index (χ4n) is 1.18. The molecule has 0 aliphatic heterocycles. The average molecular weight is 273 g/mol. The van der Waals surface area contributed by atoms with Gasteiger partial charge in [0, 0.05) is 18.7 Å². The number of hydrogen-bond donors (Lipinski definition) is 2. The molecule has 0 aliphatic rings. The first-order valence-electron chi connectivity index (χ1n) is 4.91. The largest absolute Gasteiger partial charge is 0.399 e. The molecule has 0 amide bonds. The molecule has 0 spiro atoms. The topological polar surface area (TPSA) is 72.2 Å². The summed E-state index contributed by atoms with van der Waals surface area (Å²) < 4.78 is 26.1. The van der Waals surface area contributed by atoms with Crippen LogP contribution in [0.5, 0.6) is 0 Å². The van der Waals surface area contributed by atoms with Gasteiger partial charge in [-0.1, -0.05) is 11.6 Å². The van der Waals surface area contributed by atoms with Gasteiger partial charge in [0.05, 0.1) is 5.02 Å². The molecule has 1 aromatic rings. The molecular formula is C11H13ClN2O2S. The summed E-state index contributed by atoms with van der Waals surface area (Å²) in [5, 5.41) is 0.147. The van der Waals surface area contributed by atoms with Crippen molar-refractivity contribution in [3.05, 3.63) is 23.2 Å². The summed E-state index contributed by atoms with van der Waals surface area (Å²) >= 11 is 5.82. The number of sulfonamides is 1. The second-order valence-corrected chi connectivity index (χ2v) is 5.41. The Morgan fingerprint density at radius 3 is 2.82 bits per heavy atom.